The van der Waals surface area contributed by atoms with Gasteiger partial charge in [0.25, 0.3) is 0 Å². The molecule has 4 rings (SSSR count). The smallest absolute Gasteiger partial charge is 0.143 e. The van der Waals surface area contributed by atoms with Crippen LogP contribution in [0.3, 0.4) is 0 Å². The van der Waals surface area contributed by atoms with Crippen LogP contribution in [0.15, 0.2) is 48.8 Å². The molecule has 0 spiro atoms. The van der Waals surface area contributed by atoms with Crippen molar-refractivity contribution in [1.29, 1.82) is 0 Å². The number of aromatic amines is 1. The lowest BCUT2D eigenvalue weighted by atomic mass is 10.2. The number of aryl methyl sites for hydroxylation is 1. The van der Waals surface area contributed by atoms with E-state index in [1.54, 1.807) is 0 Å². The number of rotatable bonds is 7. The molecule has 3 heterocycles. The minimum Gasteiger partial charge on any atom is -0.357 e. The number of para-hydroxylation sites is 2. The van der Waals surface area contributed by atoms with E-state index >= 15 is 0 Å². The van der Waals surface area contributed by atoms with E-state index in [0.29, 0.717) is 6.54 Å². The van der Waals surface area contributed by atoms with Crippen molar-refractivity contribution in [1.82, 2.24) is 24.5 Å². The van der Waals surface area contributed by atoms with Crippen LogP contribution >= 0.6 is 0 Å². The molecule has 6 heteroatoms. The zero-order chi connectivity index (χ0) is 19.5. The lowest BCUT2D eigenvalue weighted by Crippen LogP contribution is -2.22. The zero-order valence-corrected chi connectivity index (χ0v) is 16.7. The molecular formula is C22H26N6. The topological polar surface area (TPSA) is 62.6 Å². The lowest BCUT2D eigenvalue weighted by Gasteiger charge is -2.19. The summed E-state index contributed by atoms with van der Waals surface area (Å²) in [5.74, 6) is 2.93. The van der Waals surface area contributed by atoms with E-state index in [1.807, 2.05) is 18.5 Å². The van der Waals surface area contributed by atoms with E-state index in [4.69, 9.17) is 4.98 Å². The number of hydrogen-bond acceptors (Lipinski definition) is 4. The van der Waals surface area contributed by atoms with Crippen molar-refractivity contribution in [3.63, 3.8) is 0 Å². The van der Waals surface area contributed by atoms with Gasteiger partial charge < -0.3 is 14.5 Å². The summed E-state index contributed by atoms with van der Waals surface area (Å²) < 4.78 is 2.23. The van der Waals surface area contributed by atoms with Gasteiger partial charge in [-0.1, -0.05) is 19.1 Å². The SMILES string of the molecule is CCc1ncc(Cn2c(-c3ccc(N(CC)CC)nc3)nc3ccccc32)[nH]1. The van der Waals surface area contributed by atoms with E-state index in [1.165, 1.54) is 0 Å². The van der Waals surface area contributed by atoms with Crippen LogP contribution in [0.5, 0.6) is 0 Å². The number of imidazole rings is 2. The fraction of sp³-hybridized carbons (Fsp3) is 0.318. The first-order valence-corrected chi connectivity index (χ1v) is 9.92. The van der Waals surface area contributed by atoms with Crippen LogP contribution in [0.1, 0.15) is 32.3 Å². The molecule has 0 radical (unpaired) electrons. The highest BCUT2D eigenvalue weighted by molar-refractivity contribution is 5.80. The van der Waals surface area contributed by atoms with Crippen LogP contribution in [0.2, 0.25) is 0 Å². The average molecular weight is 374 g/mol. The summed E-state index contributed by atoms with van der Waals surface area (Å²) in [5.41, 5.74) is 4.19. The Morgan fingerprint density at radius 2 is 1.79 bits per heavy atom. The highest BCUT2D eigenvalue weighted by atomic mass is 15.2. The Bertz CT molecular complexity index is 1060. The fourth-order valence-electron chi connectivity index (χ4n) is 3.55. The summed E-state index contributed by atoms with van der Waals surface area (Å²) in [6.07, 6.45) is 4.74. The number of nitrogens with one attached hydrogen (secondary N) is 1. The van der Waals surface area contributed by atoms with Crippen LogP contribution in [0.4, 0.5) is 5.82 Å². The van der Waals surface area contributed by atoms with Crippen molar-refractivity contribution in [3.8, 4) is 11.4 Å². The second-order valence-corrected chi connectivity index (χ2v) is 6.80. The maximum absolute atomic E-state index is 4.90. The number of aromatic nitrogens is 5. The summed E-state index contributed by atoms with van der Waals surface area (Å²) in [4.78, 5) is 19.7. The van der Waals surface area contributed by atoms with Crippen molar-refractivity contribution < 1.29 is 0 Å². The van der Waals surface area contributed by atoms with Crippen molar-refractivity contribution in [2.24, 2.45) is 0 Å². The maximum Gasteiger partial charge on any atom is 0.143 e. The van der Waals surface area contributed by atoms with Gasteiger partial charge in [0.1, 0.15) is 17.5 Å². The van der Waals surface area contributed by atoms with Gasteiger partial charge in [0.2, 0.25) is 0 Å². The predicted octanol–water partition coefficient (Wildman–Crippen LogP) is 4.28. The number of pyridine rings is 1. The van der Waals surface area contributed by atoms with Crippen LogP contribution in [-0.4, -0.2) is 37.6 Å². The molecule has 28 heavy (non-hydrogen) atoms. The van der Waals surface area contributed by atoms with Crippen LogP contribution in [-0.2, 0) is 13.0 Å². The Labute approximate surface area is 165 Å². The van der Waals surface area contributed by atoms with Crippen LogP contribution < -0.4 is 4.90 Å². The number of benzene rings is 1. The molecule has 0 saturated heterocycles. The minimum absolute atomic E-state index is 0.695. The van der Waals surface area contributed by atoms with Crippen molar-refractivity contribution >= 4 is 16.9 Å². The monoisotopic (exact) mass is 374 g/mol. The van der Waals surface area contributed by atoms with E-state index in [9.17, 15) is 0 Å². The summed E-state index contributed by atoms with van der Waals surface area (Å²) >= 11 is 0. The average Bonchev–Trinajstić information content (AvgIpc) is 3.35. The predicted molar refractivity (Wildman–Crippen MR) is 114 cm³/mol. The standard InChI is InChI=1S/C22H26N6/c1-4-20-23-14-17(25-20)15-28-19-10-8-7-9-18(19)26-22(28)16-11-12-21(24-13-16)27(5-2)6-3/h7-14H,4-6,15H2,1-3H3,(H,23,25). The Balaban J connectivity index is 1.76. The Kier molecular flexibility index (Phi) is 5.10. The molecule has 0 bridgehead atoms. The van der Waals surface area contributed by atoms with E-state index in [2.05, 4.69) is 75.5 Å². The highest BCUT2D eigenvalue weighted by Gasteiger charge is 2.15. The molecule has 0 aliphatic carbocycles. The van der Waals surface area contributed by atoms with Gasteiger partial charge in [0, 0.05) is 31.3 Å². The molecule has 6 nitrogen and oxygen atoms in total. The van der Waals surface area contributed by atoms with Crippen molar-refractivity contribution in [3.05, 3.63) is 60.3 Å². The van der Waals surface area contributed by atoms with Crippen LogP contribution in [0, 0.1) is 0 Å². The van der Waals surface area contributed by atoms with Crippen LogP contribution in [0.25, 0.3) is 22.4 Å². The Hall–Kier alpha value is -3.15. The molecule has 1 N–H and O–H groups in total. The molecule has 0 fully saturated rings. The van der Waals surface area contributed by atoms with E-state index < -0.39 is 0 Å². The Morgan fingerprint density at radius 1 is 0.964 bits per heavy atom. The van der Waals surface area contributed by atoms with E-state index in [-0.39, 0.29) is 0 Å². The maximum atomic E-state index is 4.90. The van der Waals surface area contributed by atoms with Gasteiger partial charge in [-0.3, -0.25) is 0 Å². The third-order valence-electron chi connectivity index (χ3n) is 5.09. The third-order valence-corrected chi connectivity index (χ3v) is 5.09. The second kappa shape index (κ2) is 7.84. The fourth-order valence-corrected chi connectivity index (χ4v) is 3.55. The number of fused-ring (bicyclic) bond motifs is 1. The first kappa shape index (κ1) is 18.2. The van der Waals surface area contributed by atoms with E-state index in [0.717, 1.165) is 59.3 Å². The summed E-state index contributed by atoms with van der Waals surface area (Å²) in [6, 6.07) is 12.4. The van der Waals surface area contributed by atoms with Gasteiger partial charge in [0.15, 0.2) is 0 Å². The third kappa shape index (κ3) is 3.38. The molecule has 0 saturated carbocycles. The summed E-state index contributed by atoms with van der Waals surface area (Å²) in [5, 5.41) is 0. The van der Waals surface area contributed by atoms with Gasteiger partial charge in [-0.2, -0.15) is 0 Å². The minimum atomic E-state index is 0.695. The number of nitrogens with zero attached hydrogens (tertiary/aromatic N) is 5. The molecule has 0 aliphatic rings. The highest BCUT2D eigenvalue weighted by Crippen LogP contribution is 2.26. The first-order valence-electron chi connectivity index (χ1n) is 9.92. The van der Waals surface area contributed by atoms with Gasteiger partial charge in [-0.25, -0.2) is 15.0 Å². The number of anilines is 1. The lowest BCUT2D eigenvalue weighted by molar-refractivity contribution is 0.805. The zero-order valence-electron chi connectivity index (χ0n) is 16.7. The molecule has 0 unspecified atom stereocenters. The van der Waals surface area contributed by atoms with Crippen molar-refractivity contribution in [2.45, 2.75) is 33.7 Å². The quantitative estimate of drug-likeness (QED) is 0.524. The molecular weight excluding hydrogens is 348 g/mol. The molecule has 3 aromatic heterocycles. The normalized spacial score (nSPS) is 11.2. The summed E-state index contributed by atoms with van der Waals surface area (Å²) in [6.45, 7) is 8.98. The van der Waals surface area contributed by atoms with Gasteiger partial charge >= 0.3 is 0 Å². The first-order chi connectivity index (χ1) is 13.7. The number of hydrogen-bond donors (Lipinski definition) is 1. The molecule has 0 amide bonds. The van der Waals surface area contributed by atoms with Gasteiger partial charge in [0.05, 0.1) is 29.5 Å². The molecule has 0 aliphatic heterocycles. The molecule has 0 atom stereocenters. The summed E-state index contributed by atoms with van der Waals surface area (Å²) in [7, 11) is 0. The molecule has 4 aromatic rings. The van der Waals surface area contributed by atoms with Gasteiger partial charge in [-0.05, 0) is 38.1 Å². The Morgan fingerprint density at radius 3 is 2.46 bits per heavy atom. The number of H-pyrrole nitrogens is 1. The molecule has 1 aromatic carbocycles. The second-order valence-electron chi connectivity index (χ2n) is 6.80. The largest absolute Gasteiger partial charge is 0.357 e. The molecule has 144 valence electrons. The van der Waals surface area contributed by atoms with Crippen molar-refractivity contribution in [2.75, 3.05) is 18.0 Å². The van der Waals surface area contributed by atoms with Gasteiger partial charge in [-0.15, -0.1) is 0 Å².